The zero-order chi connectivity index (χ0) is 92.9. The van der Waals surface area contributed by atoms with Gasteiger partial charge in [-0.1, -0.05) is 180 Å². The maximum absolute atomic E-state index is 13.8. The minimum Gasteiger partial charge on any atom is -0.477 e. The molecular formula is C83H144N4O38. The van der Waals surface area contributed by atoms with Crippen LogP contribution in [0.1, 0.15) is 241 Å². The summed E-state index contributed by atoms with van der Waals surface area (Å²) in [7, 11) is 0. The Balaban J connectivity index is 1.36. The van der Waals surface area contributed by atoms with Gasteiger partial charge in [-0.05, 0) is 19.3 Å². The average molecular weight is 1810 g/mol. The summed E-state index contributed by atoms with van der Waals surface area (Å²) in [6, 6.07) is -7.09. The summed E-state index contributed by atoms with van der Waals surface area (Å²) in [5.74, 6) is -21.7. The highest BCUT2D eigenvalue weighted by Crippen LogP contribution is 2.43. The van der Waals surface area contributed by atoms with Crippen LogP contribution in [0.4, 0.5) is 0 Å². The number of rotatable bonds is 60. The van der Waals surface area contributed by atoms with Crippen LogP contribution >= 0.6 is 0 Å². The van der Waals surface area contributed by atoms with Gasteiger partial charge in [-0.3, -0.25) is 24.0 Å². The molecule has 0 aromatic carbocycles. The van der Waals surface area contributed by atoms with Crippen LogP contribution < -0.4 is 21.3 Å². The van der Waals surface area contributed by atoms with E-state index in [9.17, 15) is 135 Å². The number of nitrogens with one attached hydrogen (secondary N) is 4. The number of unbranched alkanes of at least 4 members (excludes halogenated alkanes) is 25. The predicted octanol–water partition coefficient (Wildman–Crippen LogP) is -1.92. The number of amides is 4. The van der Waals surface area contributed by atoms with Crippen LogP contribution in [0.2, 0.25) is 0 Å². The third-order valence-corrected chi connectivity index (χ3v) is 23.2. The molecule has 5 fully saturated rings. The molecule has 10 unspecified atom stereocenters. The summed E-state index contributed by atoms with van der Waals surface area (Å²) in [6.45, 7) is 1.02. The lowest BCUT2D eigenvalue weighted by Crippen LogP contribution is -2.72. The SMILES string of the molecule is CCCCCCCCCCCCC/C=C/[C@@H](O)[C@H](CO[C@@H]1OC(CO)[C@@H](O[C@@H]2OC(CO)[C@H](O)[C@H](O[C@]3(C(=O)O)CC(O)[C@@H](NC(C)=O)C([C@H](O)[C@@H](CO)O[C@]4(C(=O)O)CC(O)[C@@H](NC(C)=O)C([C@H](O)[C@@H](CO)O[C@]5(C(=O)O)CC(O)[C@@H](NC(C)=O)C([C@H](O)[C@H](O)COC(C)=O)O5)O4)O3)C2O)[C@H](O)C1O)NC(=O)CCCCCCCCCCCCCCCCC. The zero-order valence-electron chi connectivity index (χ0n) is 72.7. The number of aliphatic hydroxyl groups is 16. The largest absolute Gasteiger partial charge is 0.477 e. The number of ether oxygens (including phenoxy) is 11. The van der Waals surface area contributed by atoms with E-state index in [1.165, 1.54) is 102 Å². The molecule has 0 bridgehead atoms. The summed E-state index contributed by atoms with van der Waals surface area (Å²) in [5, 5.41) is 227. The van der Waals surface area contributed by atoms with E-state index in [2.05, 4.69) is 35.1 Å². The zero-order valence-corrected chi connectivity index (χ0v) is 72.7. The molecule has 0 spiro atoms. The predicted molar refractivity (Wildman–Crippen MR) is 434 cm³/mol. The van der Waals surface area contributed by atoms with Gasteiger partial charge in [0.2, 0.25) is 23.6 Å². The topological polar surface area (TPSA) is 671 Å². The molecule has 42 nitrogen and oxygen atoms in total. The Bertz CT molecular complexity index is 3230. The maximum atomic E-state index is 13.8. The van der Waals surface area contributed by atoms with Crippen molar-refractivity contribution < 1.29 is 187 Å². The number of carbonyl (C=O) groups is 8. The fourth-order valence-electron chi connectivity index (χ4n) is 16.3. The lowest BCUT2D eigenvalue weighted by atomic mass is 9.86. The van der Waals surface area contributed by atoms with Crippen molar-refractivity contribution in [2.24, 2.45) is 0 Å². The quantitative estimate of drug-likeness (QED) is 0.0179. The van der Waals surface area contributed by atoms with Crippen LogP contribution in [-0.2, 0) is 90.5 Å². The van der Waals surface area contributed by atoms with Gasteiger partial charge in [0.1, 0.15) is 110 Å². The number of carboxylic acid groups (broad SMARTS) is 3. The number of aliphatic hydroxyl groups excluding tert-OH is 16. The molecule has 0 aromatic heterocycles. The molecule has 0 saturated carbocycles. The Labute approximate surface area is 728 Å². The van der Waals surface area contributed by atoms with Gasteiger partial charge in [-0.25, -0.2) is 14.4 Å². The van der Waals surface area contributed by atoms with E-state index >= 15 is 0 Å². The van der Waals surface area contributed by atoms with E-state index < -0.39 is 289 Å². The lowest BCUT2D eigenvalue weighted by molar-refractivity contribution is -0.388. The van der Waals surface area contributed by atoms with Crippen LogP contribution in [0.3, 0.4) is 0 Å². The minimum atomic E-state index is -3.59. The van der Waals surface area contributed by atoms with Gasteiger partial charge in [0, 0.05) is 53.4 Å². The highest BCUT2D eigenvalue weighted by Gasteiger charge is 2.64. The van der Waals surface area contributed by atoms with E-state index in [-0.39, 0.29) is 6.42 Å². The number of esters is 1. The molecule has 5 saturated heterocycles. The summed E-state index contributed by atoms with van der Waals surface area (Å²) in [5.41, 5.74) is 0. The van der Waals surface area contributed by atoms with Gasteiger partial charge in [0.25, 0.3) is 17.4 Å². The van der Waals surface area contributed by atoms with Crippen molar-refractivity contribution in [3.8, 4) is 0 Å². The summed E-state index contributed by atoms with van der Waals surface area (Å²) in [4.78, 5) is 104. The molecule has 0 aliphatic carbocycles. The van der Waals surface area contributed by atoms with Crippen molar-refractivity contribution in [3.05, 3.63) is 12.2 Å². The summed E-state index contributed by atoms with van der Waals surface area (Å²) >= 11 is 0. The Hall–Kier alpha value is -5.54. The molecule has 724 valence electrons. The third kappa shape index (κ3) is 33.4. The lowest BCUT2D eigenvalue weighted by Gasteiger charge is -2.51. The van der Waals surface area contributed by atoms with E-state index in [1.807, 2.05) is 0 Å². The van der Waals surface area contributed by atoms with Crippen LogP contribution in [0.15, 0.2) is 12.2 Å². The third-order valence-electron chi connectivity index (χ3n) is 23.2. The van der Waals surface area contributed by atoms with Crippen LogP contribution in [-0.4, -0.2) is 366 Å². The van der Waals surface area contributed by atoms with Crippen molar-refractivity contribution >= 4 is 47.5 Å². The molecule has 0 radical (unpaired) electrons. The maximum Gasteiger partial charge on any atom is 0.364 e. The Morgan fingerprint density at radius 1 is 0.448 bits per heavy atom. The monoisotopic (exact) mass is 1800 g/mol. The molecule has 0 aromatic rings. The van der Waals surface area contributed by atoms with Gasteiger partial charge in [-0.2, -0.15) is 0 Å². The molecule has 42 heteroatoms. The van der Waals surface area contributed by atoms with Crippen LogP contribution in [0, 0.1) is 0 Å². The van der Waals surface area contributed by atoms with Crippen molar-refractivity contribution in [1.82, 2.24) is 21.3 Å². The Morgan fingerprint density at radius 2 is 0.832 bits per heavy atom. The molecule has 5 heterocycles. The first-order valence-corrected chi connectivity index (χ1v) is 44.2. The number of allylic oxidation sites excluding steroid dienone is 1. The summed E-state index contributed by atoms with van der Waals surface area (Å²) < 4.78 is 63.1. The van der Waals surface area contributed by atoms with E-state index in [4.69, 9.17) is 52.1 Å². The Morgan fingerprint density at radius 3 is 1.22 bits per heavy atom. The fourth-order valence-corrected chi connectivity index (χ4v) is 16.3. The first-order chi connectivity index (χ1) is 59.4. The highest BCUT2D eigenvalue weighted by atomic mass is 16.8. The van der Waals surface area contributed by atoms with Crippen molar-refractivity contribution in [2.45, 2.75) is 423 Å². The van der Waals surface area contributed by atoms with Crippen molar-refractivity contribution in [1.29, 1.82) is 0 Å². The average Bonchev–Trinajstić information content (AvgIpc) is 0.754. The van der Waals surface area contributed by atoms with E-state index in [0.717, 1.165) is 91.9 Å². The number of aliphatic carboxylic acids is 3. The Kier molecular flexibility index (Phi) is 48.9. The number of hydrogen-bond donors (Lipinski definition) is 23. The van der Waals surface area contributed by atoms with Gasteiger partial charge in [0.05, 0.1) is 81.6 Å². The smallest absolute Gasteiger partial charge is 0.364 e. The van der Waals surface area contributed by atoms with Crippen molar-refractivity contribution in [3.63, 3.8) is 0 Å². The molecule has 5 rings (SSSR count). The molecule has 125 heavy (non-hydrogen) atoms. The summed E-state index contributed by atoms with van der Waals surface area (Å²) in [6.07, 6.45) is -22.9. The molecular weight excluding hydrogens is 1660 g/mol. The molecule has 5 aliphatic rings. The molecule has 5 aliphatic heterocycles. The number of carboxylic acids is 3. The fraction of sp³-hybridized carbons (Fsp3) is 0.880. The molecule has 23 N–H and O–H groups in total. The molecule has 4 amide bonds. The minimum absolute atomic E-state index is 0.120. The van der Waals surface area contributed by atoms with E-state index in [0.29, 0.717) is 12.8 Å². The first kappa shape index (κ1) is 110. The second-order valence-electron chi connectivity index (χ2n) is 33.5. The second-order valence-corrected chi connectivity index (χ2v) is 33.5. The molecule has 30 atom stereocenters. The number of hydrogen-bond acceptors (Lipinski definition) is 35. The van der Waals surface area contributed by atoms with Gasteiger partial charge < -0.3 is 170 Å². The van der Waals surface area contributed by atoms with Gasteiger partial charge >= 0.3 is 23.9 Å². The normalized spacial score (nSPS) is 32.2. The number of carbonyl (C=O) groups excluding carboxylic acids is 5. The van der Waals surface area contributed by atoms with Gasteiger partial charge in [0.15, 0.2) is 12.6 Å². The second kappa shape index (κ2) is 55.6. The van der Waals surface area contributed by atoms with Crippen LogP contribution in [0.5, 0.6) is 0 Å². The van der Waals surface area contributed by atoms with E-state index in [1.54, 1.807) is 6.08 Å². The van der Waals surface area contributed by atoms with Crippen molar-refractivity contribution in [2.75, 3.05) is 39.6 Å². The first-order valence-electron chi connectivity index (χ1n) is 44.2. The highest BCUT2D eigenvalue weighted by molar-refractivity contribution is 5.79. The van der Waals surface area contributed by atoms with Crippen LogP contribution in [0.25, 0.3) is 0 Å². The standard InChI is InChI=1S/C83H144N4O38/c1-7-9-11-13-15-17-19-21-22-24-26-28-30-32-34-36-60(101)87-50(51(96)35-33-31-29-27-25-23-20-18-16-14-12-10-8-2)44-116-76-69(107)68(106)71(59(43-91)118-76)119-77-70(108)75(65(103)56(40-88)117-77)125-83(80(113)114)39-54(99)63(86-48(5)94)74(124-83)67(105)58(42-90)121-82(79(111)112)38-53(98)62(85-47(4)93)73(123-82)66(104)57(41-89)120-81(78(109)110)37-52(97)61(84-46(3)92)72(122-81)64(102)55(100)45-115-49(6)95/h33,35,50-59,61-77,88-91,96-100,102-108H,7-32,34,36-45H2,1-6H3,(H,84,92)(H,85,93)(H,86,94)(H,87,101)(H,109,110)(H,111,112)(H,113,114)/b35-33+/t50-,51+,52?,53?,54?,55+,56?,57+,58+,59?,61+,62+,63+,64+,65-,66+,67+,68+,69?,70?,71+,72?,73?,74?,75-,76+,77-,81+,82+,83-/m0/s1. The van der Waals surface area contributed by atoms with Gasteiger partial charge in [-0.15, -0.1) is 0 Å².